The van der Waals surface area contributed by atoms with E-state index in [9.17, 15) is 19.2 Å². The Labute approximate surface area is 774 Å². The first-order valence-corrected chi connectivity index (χ1v) is 47.2. The van der Waals surface area contributed by atoms with Crippen molar-refractivity contribution in [2.24, 2.45) is 0 Å². The predicted octanol–water partition coefficient (Wildman–Crippen LogP) is 16.3. The molecule has 33 nitrogen and oxygen atoms in total. The molecule has 2 N–H and O–H groups in total. The van der Waals surface area contributed by atoms with Crippen LogP contribution in [0.25, 0.3) is 88.0 Å². The maximum Gasteiger partial charge on any atom is 0.236 e. The second-order valence-corrected chi connectivity index (χ2v) is 35.4. The normalized spacial score (nSPS) is 10.9. The van der Waals surface area contributed by atoms with Gasteiger partial charge in [0.1, 0.15) is 58.8 Å². The number of carbonyl (C=O) groups excluding carboxylic acids is 4. The van der Waals surface area contributed by atoms with E-state index in [0.717, 1.165) is 105 Å². The lowest BCUT2D eigenvalue weighted by Gasteiger charge is -2.09. The third kappa shape index (κ3) is 25.8. The topological polar surface area (TPSA) is 394 Å². The Morgan fingerprint density at radius 1 is 0.391 bits per heavy atom. The minimum atomic E-state index is -0.192. The molecule has 0 aliphatic carbocycles. The number of nitrogens with one attached hydrogen (secondary N) is 2. The van der Waals surface area contributed by atoms with Crippen LogP contribution in [0.5, 0.6) is 11.5 Å². The second-order valence-electron chi connectivity index (χ2n) is 27.1. The van der Waals surface area contributed by atoms with E-state index in [-0.39, 0.29) is 59.2 Å². The van der Waals surface area contributed by atoms with Crippen molar-refractivity contribution in [3.63, 3.8) is 0 Å². The molecule has 5 aromatic carbocycles. The lowest BCUT2D eigenvalue weighted by Crippen LogP contribution is -2.14. The number of amides is 2. The van der Waals surface area contributed by atoms with Crippen molar-refractivity contribution in [2.45, 2.75) is 93.8 Å². The van der Waals surface area contributed by atoms with Gasteiger partial charge in [-0.05, 0) is 142 Å². The van der Waals surface area contributed by atoms with E-state index in [0.29, 0.717) is 97.0 Å². The zero-order chi connectivity index (χ0) is 89.5. The van der Waals surface area contributed by atoms with Crippen molar-refractivity contribution in [1.82, 2.24) is 115 Å². The molecule has 0 saturated carbocycles. The number of hydrogen-bond acceptors (Lipinski definition) is 35. The van der Waals surface area contributed by atoms with Crippen LogP contribution >= 0.6 is 104 Å². The van der Waals surface area contributed by atoms with Gasteiger partial charge >= 0.3 is 0 Å². The summed E-state index contributed by atoms with van der Waals surface area (Å²) in [5, 5.41) is 82.1. The van der Waals surface area contributed by atoms with Gasteiger partial charge in [0.15, 0.2) is 43.9 Å². The number of nitrogens with zero attached hydrogens (tertiary/aromatic N) is 23. The summed E-state index contributed by atoms with van der Waals surface area (Å²) in [4.78, 5) is 62.6. The van der Waals surface area contributed by atoms with Gasteiger partial charge in [-0.25, -0.2) is 0 Å². The number of aromatic nitrogens is 23. The van der Waals surface area contributed by atoms with Crippen LogP contribution in [0.4, 0.5) is 10.3 Å². The summed E-state index contributed by atoms with van der Waals surface area (Å²) in [6.45, 7) is 11.9. The number of ketones is 2. The van der Waals surface area contributed by atoms with Crippen LogP contribution < -0.4 is 20.1 Å². The Kier molecular flexibility index (Phi) is 34.8. The zero-order valence-electron chi connectivity index (χ0n) is 70.4. The average Bonchev–Trinajstić information content (AvgIpc) is 1.69. The number of benzene rings is 5. The van der Waals surface area contributed by atoms with Crippen molar-refractivity contribution in [2.75, 3.05) is 75.3 Å². The SMILES string of the molecule is CCn1c(SCC(=O)Nc2nnc(-c3ccc(OC)cc3)s2)nnc1-c1cccc(Cl)c1.CCn1c(SCC(=O)Nc2nnc(-c3ccc(OC)cc3)s2)nnc1-c1ccccn1.COCCCn1c(SCC(=O)Cc2nnc(-c3ccccc3C)s2)nnc1-c1ccncc1.COCCn1c(SCC(=O)Cc2nnc(-c3ccccc3C)s2)nnc1-c1ccncc1. The quantitative estimate of drug-likeness (QED) is 0.0270. The summed E-state index contributed by atoms with van der Waals surface area (Å²) in [6.07, 6.45) is 9.93. The second kappa shape index (κ2) is 47.6. The Morgan fingerprint density at radius 2 is 0.820 bits per heavy atom. The number of carbonyl (C=O) groups is 4. The summed E-state index contributed by atoms with van der Waals surface area (Å²) in [5.74, 6) is 5.09. The molecule has 0 unspecified atom stereocenters. The van der Waals surface area contributed by atoms with Gasteiger partial charge in [-0.1, -0.05) is 171 Å². The minimum Gasteiger partial charge on any atom is -0.497 e. The highest BCUT2D eigenvalue weighted by Gasteiger charge is 2.24. The fourth-order valence-corrected chi connectivity index (χ4v) is 19.0. The molecular formula is C86H84ClN25O8S8. The lowest BCUT2D eigenvalue weighted by molar-refractivity contribution is -0.116. The Bertz CT molecular complexity index is 6300. The maximum absolute atomic E-state index is 12.7. The van der Waals surface area contributed by atoms with Crippen LogP contribution in [0, 0.1) is 13.8 Å². The van der Waals surface area contributed by atoms with Crippen molar-refractivity contribution in [3.8, 4) is 99.5 Å². The standard InChI is InChI=1S/C23H24N6O2S2.C22H22N6O2S2.C21H19ClN6O2S2.C20H19N7O2S2/c1-16-6-3-4-7-19(16)22-27-25-20(33-22)14-18(30)15-32-23-28-26-21(17-8-10-24-11-9-17)29(23)12-5-13-31-2;1-15-5-3-4-6-18(15)21-26-24-19(32-21)13-17(29)14-31-22-27-25-20(28(22)11-12-30-2)16-7-9-23-10-8-16;1-3-28-18(14-5-4-6-15(22)11-14)24-27-21(28)31-12-17(29)23-20-26-25-19(32-20)13-7-9-16(30-2)10-8-13;1-3-27-17(15-6-4-5-11-21-15)23-26-20(27)30-12-16(28)22-19-25-24-18(31-19)13-7-9-14(29-2)10-8-13/h3-4,6-11H,5,12-15H2,1-2H3;3-10H,11-14H2,1-2H3;4-11H,3,12H2,1-2H3,(H,23,26,29);4-11H,3,12H2,1-2H3,(H,22,25,28). The molecule has 0 aliphatic heterocycles. The van der Waals surface area contributed by atoms with E-state index in [4.69, 9.17) is 30.5 Å². The first-order valence-electron chi connectivity index (χ1n) is 39.6. The smallest absolute Gasteiger partial charge is 0.236 e. The molecule has 0 saturated heterocycles. The van der Waals surface area contributed by atoms with Crippen molar-refractivity contribution >= 4 is 138 Å². The van der Waals surface area contributed by atoms with E-state index >= 15 is 0 Å². The Hall–Kier alpha value is -12.2. The average molecular weight is 1890 g/mol. The van der Waals surface area contributed by atoms with Gasteiger partial charge in [-0.3, -0.25) is 49.3 Å². The van der Waals surface area contributed by atoms with Gasteiger partial charge in [0.2, 0.25) is 22.1 Å². The molecule has 0 radical (unpaired) electrons. The van der Waals surface area contributed by atoms with Crippen molar-refractivity contribution in [1.29, 1.82) is 0 Å². The van der Waals surface area contributed by atoms with Crippen molar-refractivity contribution in [3.05, 3.63) is 221 Å². The molecule has 0 bridgehead atoms. The van der Waals surface area contributed by atoms with E-state index in [1.54, 1.807) is 59.4 Å². The zero-order valence-corrected chi connectivity index (χ0v) is 77.7. The molecule has 0 atom stereocenters. The highest BCUT2D eigenvalue weighted by molar-refractivity contribution is 8.00. The Morgan fingerprint density at radius 3 is 1.27 bits per heavy atom. The van der Waals surface area contributed by atoms with Gasteiger partial charge in [0.25, 0.3) is 0 Å². The molecule has 0 fully saturated rings. The number of aryl methyl sites for hydroxylation is 2. The largest absolute Gasteiger partial charge is 0.497 e. The number of thioether (sulfide) groups is 4. The van der Waals surface area contributed by atoms with E-state index < -0.39 is 0 Å². The minimum absolute atomic E-state index is 0.0641. The molecule has 42 heteroatoms. The maximum atomic E-state index is 12.7. The fraction of sp³-hybridized carbons (Fsp3) is 0.244. The van der Waals surface area contributed by atoms with E-state index in [1.165, 1.54) is 92.4 Å². The van der Waals surface area contributed by atoms with Gasteiger partial charge < -0.3 is 32.6 Å². The number of hydrogen-bond donors (Lipinski definition) is 2. The summed E-state index contributed by atoms with van der Waals surface area (Å²) < 4.78 is 28.7. The highest BCUT2D eigenvalue weighted by atomic mass is 35.5. The summed E-state index contributed by atoms with van der Waals surface area (Å²) in [5.41, 5.74) is 9.66. The Balaban J connectivity index is 0.000000146. The first-order chi connectivity index (χ1) is 62.5. The van der Waals surface area contributed by atoms with Gasteiger partial charge in [0, 0.05) is 115 Å². The molecule has 0 spiro atoms. The number of rotatable bonds is 37. The monoisotopic (exact) mass is 1890 g/mol. The number of anilines is 2. The van der Waals surface area contributed by atoms with Crippen LogP contribution in [-0.2, 0) is 67.7 Å². The highest BCUT2D eigenvalue weighted by Crippen LogP contribution is 2.35. The molecule has 16 rings (SSSR count). The fourth-order valence-electron chi connectivity index (χ4n) is 12.1. The number of halogens is 1. The third-order valence-corrected chi connectivity index (χ3v) is 26.3. The molecule has 0 aliphatic rings. The molecule has 11 heterocycles. The summed E-state index contributed by atoms with van der Waals surface area (Å²) in [7, 11) is 6.57. The van der Waals surface area contributed by atoms with E-state index in [1.807, 2.05) is 210 Å². The number of pyridine rings is 3. The summed E-state index contributed by atoms with van der Waals surface area (Å²) >= 11 is 17.0. The van der Waals surface area contributed by atoms with Crippen LogP contribution in [0.2, 0.25) is 5.02 Å². The number of Topliss-reactive ketones (excluding diaryl/α,β-unsaturated/α-hetero) is 2. The number of ether oxygens (including phenoxy) is 4. The summed E-state index contributed by atoms with van der Waals surface area (Å²) in [6, 6.07) is 51.7. The predicted molar refractivity (Wildman–Crippen MR) is 501 cm³/mol. The molecule has 2 amide bonds. The lowest BCUT2D eigenvalue weighted by atomic mass is 10.1. The molecule has 16 aromatic rings. The molecule has 656 valence electrons. The van der Waals surface area contributed by atoms with Gasteiger partial charge in [-0.2, -0.15) is 0 Å². The molecule has 128 heavy (non-hydrogen) atoms. The first kappa shape index (κ1) is 93.5. The van der Waals surface area contributed by atoms with Gasteiger partial charge in [0.05, 0.1) is 63.2 Å². The molecule has 11 aromatic heterocycles. The van der Waals surface area contributed by atoms with Crippen molar-refractivity contribution < 1.29 is 38.1 Å². The van der Waals surface area contributed by atoms with Crippen LogP contribution in [0.15, 0.2) is 215 Å². The van der Waals surface area contributed by atoms with E-state index in [2.05, 4.69) is 107 Å². The van der Waals surface area contributed by atoms with Crippen LogP contribution in [0.3, 0.4) is 0 Å². The third-order valence-electron chi connectivity index (χ3n) is 18.4. The number of methoxy groups -OCH3 is 4. The molecular weight excluding hydrogens is 1800 g/mol. The van der Waals surface area contributed by atoms with Crippen LogP contribution in [-0.4, -0.2) is 203 Å². The van der Waals surface area contributed by atoms with Gasteiger partial charge in [-0.15, -0.1) is 81.6 Å². The van der Waals surface area contributed by atoms with Crippen LogP contribution in [0.1, 0.15) is 41.4 Å².